The zero-order valence-electron chi connectivity index (χ0n) is 14.4. The first kappa shape index (κ1) is 17.5. The molecule has 0 spiro atoms. The summed E-state index contributed by atoms with van der Waals surface area (Å²) in [7, 11) is 0. The van der Waals surface area contributed by atoms with Crippen molar-refractivity contribution in [2.75, 3.05) is 0 Å². The molecule has 0 unspecified atom stereocenters. The van der Waals surface area contributed by atoms with E-state index in [1.807, 2.05) is 0 Å². The molecule has 1 aliphatic carbocycles. The zero-order valence-corrected chi connectivity index (χ0v) is 15.2. The van der Waals surface area contributed by atoms with Crippen LogP contribution in [0.4, 0.5) is 5.69 Å². The Kier molecular flexibility index (Phi) is 4.81. The van der Waals surface area contributed by atoms with Gasteiger partial charge in [0.2, 0.25) is 0 Å². The Morgan fingerprint density at radius 2 is 2.00 bits per heavy atom. The van der Waals surface area contributed by atoms with E-state index < -0.39 is 4.92 Å². The Hall–Kier alpha value is -2.87. The second-order valence-corrected chi connectivity index (χ2v) is 7.44. The first-order chi connectivity index (χ1) is 13.1. The highest BCUT2D eigenvalue weighted by Crippen LogP contribution is 2.33. The number of amides is 1. The quantitative estimate of drug-likeness (QED) is 0.481. The molecule has 138 valence electrons. The molecule has 0 radical (unpaired) electrons. The molecule has 1 saturated carbocycles. The van der Waals surface area contributed by atoms with Gasteiger partial charge in [-0.05, 0) is 42.8 Å². The lowest BCUT2D eigenvalue weighted by molar-refractivity contribution is -0.384. The molecular formula is C19H17N3O4S. The number of carbonyl (C=O) groups excluding carboxylic acids is 1. The van der Waals surface area contributed by atoms with E-state index in [0.29, 0.717) is 33.2 Å². The fourth-order valence-electron chi connectivity index (χ4n) is 3.23. The van der Waals surface area contributed by atoms with Crippen LogP contribution in [0.25, 0.3) is 17.4 Å². The van der Waals surface area contributed by atoms with Crippen molar-refractivity contribution >= 4 is 34.6 Å². The van der Waals surface area contributed by atoms with Crippen LogP contribution in [0.2, 0.25) is 0 Å². The fraction of sp³-hybridized carbons (Fsp3) is 0.263. The van der Waals surface area contributed by atoms with Gasteiger partial charge in [0.25, 0.3) is 11.6 Å². The highest BCUT2D eigenvalue weighted by Gasteiger charge is 2.26. The number of thioether (sulfide) groups is 1. The van der Waals surface area contributed by atoms with Crippen LogP contribution >= 0.6 is 11.8 Å². The molecule has 1 saturated heterocycles. The van der Waals surface area contributed by atoms with Gasteiger partial charge in [0.1, 0.15) is 11.5 Å². The van der Waals surface area contributed by atoms with E-state index in [-0.39, 0.29) is 11.6 Å². The van der Waals surface area contributed by atoms with Crippen molar-refractivity contribution < 1.29 is 14.1 Å². The molecule has 1 N–H and O–H groups in total. The summed E-state index contributed by atoms with van der Waals surface area (Å²) in [6.45, 7) is 0. The lowest BCUT2D eigenvalue weighted by Crippen LogP contribution is -2.21. The monoisotopic (exact) mass is 383 g/mol. The zero-order chi connectivity index (χ0) is 18.8. The maximum Gasteiger partial charge on any atom is 0.280 e. The van der Waals surface area contributed by atoms with E-state index in [1.165, 1.54) is 30.7 Å². The smallest absolute Gasteiger partial charge is 0.280 e. The average Bonchev–Trinajstić information content (AvgIpc) is 3.39. The lowest BCUT2D eigenvalue weighted by Gasteiger charge is -2.02. The van der Waals surface area contributed by atoms with Crippen molar-refractivity contribution in [2.24, 2.45) is 4.99 Å². The first-order valence-electron chi connectivity index (χ1n) is 8.72. The summed E-state index contributed by atoms with van der Waals surface area (Å²) in [5.74, 6) is 0.640. The van der Waals surface area contributed by atoms with Crippen molar-refractivity contribution in [2.45, 2.75) is 31.7 Å². The van der Waals surface area contributed by atoms with Gasteiger partial charge >= 0.3 is 0 Å². The van der Waals surface area contributed by atoms with E-state index in [2.05, 4.69) is 10.3 Å². The van der Waals surface area contributed by atoms with Gasteiger partial charge in [-0.25, -0.2) is 0 Å². The van der Waals surface area contributed by atoms with Crippen molar-refractivity contribution in [1.82, 2.24) is 5.32 Å². The maximum atomic E-state index is 12.2. The summed E-state index contributed by atoms with van der Waals surface area (Å²) in [5, 5.41) is 14.6. The molecule has 0 bridgehead atoms. The van der Waals surface area contributed by atoms with Crippen LogP contribution in [0.3, 0.4) is 0 Å². The van der Waals surface area contributed by atoms with Gasteiger partial charge in [0, 0.05) is 12.1 Å². The molecule has 0 atom stereocenters. The second-order valence-electron chi connectivity index (χ2n) is 6.41. The standard InChI is InChI=1S/C19H17N3O4S/c23-18-17(27-19(21-18)20-12-5-1-2-6-12)11-13-9-10-16(26-13)14-7-3-4-8-15(14)22(24)25/h3-4,7-12H,1-2,5-6H2,(H,20,21,23)/b17-11-. The number of aliphatic imine (C=N–C) groups is 1. The second kappa shape index (κ2) is 7.40. The number of benzene rings is 1. The van der Waals surface area contributed by atoms with Gasteiger partial charge < -0.3 is 9.73 Å². The number of nitro groups is 1. The minimum atomic E-state index is -0.442. The number of nitrogens with one attached hydrogen (secondary N) is 1. The third-order valence-corrected chi connectivity index (χ3v) is 5.47. The number of nitrogens with zero attached hydrogens (tertiary/aromatic N) is 2. The molecule has 2 aromatic rings. The Labute approximate surface area is 159 Å². The van der Waals surface area contributed by atoms with Crippen molar-refractivity contribution in [3.05, 3.63) is 57.2 Å². The third-order valence-electron chi connectivity index (χ3n) is 4.54. The molecular weight excluding hydrogens is 366 g/mol. The third kappa shape index (κ3) is 3.80. The summed E-state index contributed by atoms with van der Waals surface area (Å²) in [5.41, 5.74) is 0.379. The molecule has 1 amide bonds. The van der Waals surface area contributed by atoms with Crippen molar-refractivity contribution in [1.29, 1.82) is 0 Å². The number of hydrogen-bond donors (Lipinski definition) is 1. The van der Waals surface area contributed by atoms with Crippen LogP contribution in [0.15, 0.2) is 50.7 Å². The molecule has 2 fully saturated rings. The molecule has 7 nitrogen and oxygen atoms in total. The van der Waals surface area contributed by atoms with Crippen LogP contribution in [0, 0.1) is 10.1 Å². The Balaban J connectivity index is 1.56. The number of para-hydroxylation sites is 1. The Bertz CT molecular complexity index is 957. The largest absolute Gasteiger partial charge is 0.456 e. The van der Waals surface area contributed by atoms with Gasteiger partial charge in [-0.15, -0.1) is 0 Å². The van der Waals surface area contributed by atoms with E-state index in [0.717, 1.165) is 12.8 Å². The Morgan fingerprint density at radius 3 is 2.78 bits per heavy atom. The van der Waals surface area contributed by atoms with Crippen LogP contribution in [-0.4, -0.2) is 22.0 Å². The first-order valence-corrected chi connectivity index (χ1v) is 9.54. The van der Waals surface area contributed by atoms with Gasteiger partial charge in [0.05, 0.1) is 21.4 Å². The molecule has 8 heteroatoms. The van der Waals surface area contributed by atoms with E-state index in [1.54, 1.807) is 36.4 Å². The lowest BCUT2D eigenvalue weighted by atomic mass is 10.1. The molecule has 1 aromatic heterocycles. The van der Waals surface area contributed by atoms with E-state index in [4.69, 9.17) is 4.42 Å². The van der Waals surface area contributed by atoms with Crippen LogP contribution in [0.5, 0.6) is 0 Å². The predicted octanol–water partition coefficient (Wildman–Crippen LogP) is 4.36. The molecule has 2 aliphatic rings. The summed E-state index contributed by atoms with van der Waals surface area (Å²) in [6, 6.07) is 10.0. The minimum absolute atomic E-state index is 0.0231. The SMILES string of the molecule is O=C1NC(=NC2CCCC2)S/C1=C\c1ccc(-c2ccccc2[N+](=O)[O-])o1. The molecule has 1 aliphatic heterocycles. The highest BCUT2D eigenvalue weighted by atomic mass is 32.2. The van der Waals surface area contributed by atoms with Gasteiger partial charge in [-0.2, -0.15) is 0 Å². The van der Waals surface area contributed by atoms with E-state index >= 15 is 0 Å². The molecule has 27 heavy (non-hydrogen) atoms. The summed E-state index contributed by atoms with van der Waals surface area (Å²) < 4.78 is 5.73. The number of hydrogen-bond acceptors (Lipinski definition) is 6. The van der Waals surface area contributed by atoms with Gasteiger partial charge in [-0.3, -0.25) is 19.9 Å². The summed E-state index contributed by atoms with van der Waals surface area (Å²) >= 11 is 1.30. The van der Waals surface area contributed by atoms with Gasteiger partial charge in [-0.1, -0.05) is 25.0 Å². The van der Waals surface area contributed by atoms with Crippen LogP contribution in [0.1, 0.15) is 31.4 Å². The topological polar surface area (TPSA) is 97.7 Å². The van der Waals surface area contributed by atoms with Gasteiger partial charge in [0.15, 0.2) is 5.17 Å². The molecule has 2 heterocycles. The summed E-state index contributed by atoms with van der Waals surface area (Å²) in [4.78, 5) is 28.0. The maximum absolute atomic E-state index is 12.2. The predicted molar refractivity (Wildman–Crippen MR) is 104 cm³/mol. The fourth-order valence-corrected chi connectivity index (χ4v) is 4.11. The molecule has 4 rings (SSSR count). The number of amidine groups is 1. The van der Waals surface area contributed by atoms with Crippen LogP contribution < -0.4 is 5.32 Å². The minimum Gasteiger partial charge on any atom is -0.456 e. The van der Waals surface area contributed by atoms with E-state index in [9.17, 15) is 14.9 Å². The number of furan rings is 1. The van der Waals surface area contributed by atoms with Crippen molar-refractivity contribution in [3.63, 3.8) is 0 Å². The van der Waals surface area contributed by atoms with Crippen molar-refractivity contribution in [3.8, 4) is 11.3 Å². The molecule has 1 aromatic carbocycles. The number of carbonyl (C=O) groups is 1. The summed E-state index contributed by atoms with van der Waals surface area (Å²) in [6.07, 6.45) is 6.13. The van der Waals surface area contributed by atoms with Crippen LogP contribution in [-0.2, 0) is 4.79 Å². The normalized spacial score (nSPS) is 20.5. The average molecular weight is 383 g/mol. The number of nitro benzene ring substituents is 1. The Morgan fingerprint density at radius 1 is 1.22 bits per heavy atom. The highest BCUT2D eigenvalue weighted by molar-refractivity contribution is 8.18. The number of rotatable bonds is 4.